The minimum atomic E-state index is -0.811. The summed E-state index contributed by atoms with van der Waals surface area (Å²) in [5, 5.41) is 29.8. The predicted octanol–water partition coefficient (Wildman–Crippen LogP) is 2.11. The van der Waals surface area contributed by atoms with Crippen LogP contribution >= 0.6 is 11.6 Å². The Morgan fingerprint density at radius 2 is 1.85 bits per heavy atom. The second-order valence-corrected chi connectivity index (χ2v) is 7.27. The molecule has 7 nitrogen and oxygen atoms in total. The molecule has 1 saturated heterocycles. The number of aliphatic hydroxyl groups excluding tert-OH is 1. The number of fused-ring (bicyclic) bond motifs is 2. The lowest BCUT2D eigenvalue weighted by molar-refractivity contribution is -0.119. The van der Waals surface area contributed by atoms with Gasteiger partial charge in [-0.1, -0.05) is 11.6 Å². The van der Waals surface area contributed by atoms with Gasteiger partial charge in [0.25, 0.3) is 0 Å². The summed E-state index contributed by atoms with van der Waals surface area (Å²) in [6, 6.07) is 0.949. The summed E-state index contributed by atoms with van der Waals surface area (Å²) in [7, 11) is 0. The molecule has 1 aromatic rings. The average molecular weight is 385 g/mol. The number of ketones is 1. The Balaban J connectivity index is 1.94. The van der Waals surface area contributed by atoms with E-state index in [0.717, 1.165) is 6.07 Å². The monoisotopic (exact) mass is 384 g/mol. The maximum atomic E-state index is 12.5. The lowest BCUT2D eigenvalue weighted by Crippen LogP contribution is -2.21. The van der Waals surface area contributed by atoms with Crippen LogP contribution < -0.4 is 0 Å². The second kappa shape index (κ2) is 7.42. The van der Waals surface area contributed by atoms with E-state index in [9.17, 15) is 24.9 Å². The van der Waals surface area contributed by atoms with Crippen LogP contribution in [0.2, 0.25) is 5.02 Å². The molecule has 26 heavy (non-hydrogen) atoms. The van der Waals surface area contributed by atoms with Gasteiger partial charge in [0.1, 0.15) is 28.9 Å². The number of phenols is 2. The Labute approximate surface area is 155 Å². The molecule has 0 bridgehead atoms. The van der Waals surface area contributed by atoms with E-state index in [-0.39, 0.29) is 53.4 Å². The van der Waals surface area contributed by atoms with E-state index in [2.05, 4.69) is 0 Å². The highest BCUT2D eigenvalue weighted by atomic mass is 35.5. The number of epoxide rings is 1. The Kier molecular flexibility index (Phi) is 5.41. The van der Waals surface area contributed by atoms with Gasteiger partial charge < -0.3 is 24.8 Å². The van der Waals surface area contributed by atoms with Crippen molar-refractivity contribution in [3.63, 3.8) is 0 Å². The summed E-state index contributed by atoms with van der Waals surface area (Å²) in [4.78, 5) is 24.8. The molecular formula is C18H21ClO7. The van der Waals surface area contributed by atoms with Gasteiger partial charge in [0.2, 0.25) is 0 Å². The summed E-state index contributed by atoms with van der Waals surface area (Å²) < 4.78 is 10.8. The van der Waals surface area contributed by atoms with Gasteiger partial charge in [0, 0.05) is 37.3 Å². The van der Waals surface area contributed by atoms with Gasteiger partial charge in [0.15, 0.2) is 0 Å². The number of phenolic OH excluding ortho intramolecular Hbond substituents is 2. The normalized spacial score (nSPS) is 30.0. The fourth-order valence-corrected chi connectivity index (χ4v) is 3.50. The maximum Gasteiger partial charge on any atom is 0.342 e. The third kappa shape index (κ3) is 4.11. The van der Waals surface area contributed by atoms with Crippen LogP contribution in [0.25, 0.3) is 0 Å². The SMILES string of the molecule is C[C@@H]1C[C@@H]2O[C@@H]2C[C@@H](O)CCC(=O)Cc2c(Cl)c(O)cc(O)c2C(=O)O1. The number of ether oxygens (including phenoxy) is 2. The number of halogens is 1. The summed E-state index contributed by atoms with van der Waals surface area (Å²) in [6.07, 6.45) is -0.385. The zero-order valence-corrected chi connectivity index (χ0v) is 15.0. The first-order valence-electron chi connectivity index (χ1n) is 8.55. The Morgan fingerprint density at radius 3 is 2.58 bits per heavy atom. The van der Waals surface area contributed by atoms with E-state index in [4.69, 9.17) is 21.1 Å². The molecule has 0 aliphatic carbocycles. The molecule has 0 saturated carbocycles. The van der Waals surface area contributed by atoms with Gasteiger partial charge in [-0.25, -0.2) is 4.79 Å². The van der Waals surface area contributed by atoms with Crippen molar-refractivity contribution < 1.29 is 34.4 Å². The van der Waals surface area contributed by atoms with Crippen molar-refractivity contribution in [3.05, 3.63) is 22.2 Å². The molecule has 1 fully saturated rings. The van der Waals surface area contributed by atoms with Crippen LogP contribution in [0, 0.1) is 0 Å². The van der Waals surface area contributed by atoms with Gasteiger partial charge >= 0.3 is 5.97 Å². The number of carbonyl (C=O) groups excluding carboxylic acids is 2. The van der Waals surface area contributed by atoms with E-state index >= 15 is 0 Å². The standard InChI is InChI=1S/C18H21ClO7/c1-8-4-14-15(26-14)6-10(21)3-2-9(20)5-11-16(18(24)25-8)12(22)7-13(23)17(11)19/h7-8,10,14-15,21-23H,2-6H2,1H3/t8-,10+,14+,15-/m1/s1. The zero-order valence-electron chi connectivity index (χ0n) is 14.3. The smallest absolute Gasteiger partial charge is 0.342 e. The number of hydrogen-bond donors (Lipinski definition) is 3. The molecule has 0 unspecified atom stereocenters. The highest BCUT2D eigenvalue weighted by Crippen LogP contribution is 2.38. The topological polar surface area (TPSA) is 117 Å². The molecule has 3 rings (SSSR count). The van der Waals surface area contributed by atoms with Gasteiger partial charge in [-0.3, -0.25) is 4.79 Å². The highest BCUT2D eigenvalue weighted by molar-refractivity contribution is 6.33. The van der Waals surface area contributed by atoms with Crippen LogP contribution in [0.4, 0.5) is 0 Å². The first-order valence-corrected chi connectivity index (χ1v) is 8.93. The van der Waals surface area contributed by atoms with Crippen molar-refractivity contribution in [2.75, 3.05) is 0 Å². The minimum absolute atomic E-state index is 0.0264. The number of aromatic hydroxyl groups is 2. The van der Waals surface area contributed by atoms with Crippen molar-refractivity contribution in [1.29, 1.82) is 0 Å². The van der Waals surface area contributed by atoms with Crippen molar-refractivity contribution in [1.82, 2.24) is 0 Å². The molecule has 2 aliphatic heterocycles. The van der Waals surface area contributed by atoms with E-state index in [1.807, 2.05) is 0 Å². The molecule has 4 atom stereocenters. The molecular weight excluding hydrogens is 364 g/mol. The van der Waals surface area contributed by atoms with Gasteiger partial charge in [-0.15, -0.1) is 0 Å². The number of Topliss-reactive ketones (excluding diaryl/α,β-unsaturated/α-hetero) is 1. The molecule has 1 aromatic carbocycles. The highest BCUT2D eigenvalue weighted by Gasteiger charge is 2.41. The van der Waals surface area contributed by atoms with Crippen LogP contribution in [0.1, 0.15) is 48.5 Å². The lowest BCUT2D eigenvalue weighted by atomic mass is 9.96. The van der Waals surface area contributed by atoms with E-state index in [1.165, 1.54) is 0 Å². The summed E-state index contributed by atoms with van der Waals surface area (Å²) in [6.45, 7) is 1.70. The number of benzene rings is 1. The summed E-state index contributed by atoms with van der Waals surface area (Å²) in [5.41, 5.74) is -0.197. The summed E-state index contributed by atoms with van der Waals surface area (Å²) >= 11 is 6.07. The lowest BCUT2D eigenvalue weighted by Gasteiger charge is -2.17. The first kappa shape index (κ1) is 18.9. The molecule has 8 heteroatoms. The van der Waals surface area contributed by atoms with Gasteiger partial charge in [-0.05, 0) is 13.3 Å². The first-order chi connectivity index (χ1) is 12.3. The number of cyclic esters (lactones) is 1. The molecule has 0 amide bonds. The Bertz CT molecular complexity index is 733. The molecule has 0 aromatic heterocycles. The molecule has 3 N–H and O–H groups in total. The number of carbonyl (C=O) groups is 2. The van der Waals surface area contributed by atoms with E-state index < -0.39 is 29.7 Å². The molecule has 2 aliphatic rings. The van der Waals surface area contributed by atoms with Crippen LogP contribution in [-0.4, -0.2) is 51.5 Å². The Hall–Kier alpha value is -1.83. The number of esters is 1. The fourth-order valence-electron chi connectivity index (χ4n) is 3.29. The van der Waals surface area contributed by atoms with Crippen LogP contribution in [0.3, 0.4) is 0 Å². The van der Waals surface area contributed by atoms with Crippen LogP contribution in [0.15, 0.2) is 6.07 Å². The van der Waals surface area contributed by atoms with Gasteiger partial charge in [-0.2, -0.15) is 0 Å². The summed E-state index contributed by atoms with van der Waals surface area (Å²) in [5.74, 6) is -2.01. The van der Waals surface area contributed by atoms with Crippen LogP contribution in [0.5, 0.6) is 11.5 Å². The van der Waals surface area contributed by atoms with Crippen LogP contribution in [-0.2, 0) is 20.7 Å². The van der Waals surface area contributed by atoms with E-state index in [1.54, 1.807) is 6.92 Å². The molecule has 2 heterocycles. The molecule has 0 spiro atoms. The number of rotatable bonds is 0. The largest absolute Gasteiger partial charge is 0.507 e. The quantitative estimate of drug-likeness (QED) is 0.463. The van der Waals surface area contributed by atoms with Crippen molar-refractivity contribution in [3.8, 4) is 11.5 Å². The third-order valence-corrected chi connectivity index (χ3v) is 5.14. The second-order valence-electron chi connectivity index (χ2n) is 6.89. The maximum absolute atomic E-state index is 12.5. The average Bonchev–Trinajstić information content (AvgIpc) is 3.26. The van der Waals surface area contributed by atoms with Crippen molar-refractivity contribution in [2.45, 2.75) is 63.4 Å². The van der Waals surface area contributed by atoms with E-state index in [0.29, 0.717) is 12.8 Å². The van der Waals surface area contributed by atoms with Gasteiger partial charge in [0.05, 0.1) is 23.3 Å². The van der Waals surface area contributed by atoms with Crippen molar-refractivity contribution in [2.24, 2.45) is 0 Å². The van der Waals surface area contributed by atoms with Crippen molar-refractivity contribution >= 4 is 23.4 Å². The fraction of sp³-hybridized carbons (Fsp3) is 0.556. The predicted molar refractivity (Wildman–Crippen MR) is 91.5 cm³/mol. The molecule has 142 valence electrons. The minimum Gasteiger partial charge on any atom is -0.507 e. The Morgan fingerprint density at radius 1 is 1.15 bits per heavy atom. The number of hydrogen-bond acceptors (Lipinski definition) is 7. The number of aliphatic hydroxyl groups is 1. The zero-order chi connectivity index (χ0) is 19.0. The third-order valence-electron chi connectivity index (χ3n) is 4.72. The molecule has 0 radical (unpaired) electrons.